The maximum atomic E-state index is 12.1. The van der Waals surface area contributed by atoms with Gasteiger partial charge in [-0.25, -0.2) is 4.98 Å². The van der Waals surface area contributed by atoms with E-state index in [4.69, 9.17) is 9.72 Å². The number of aliphatic hydroxyl groups excluding tert-OH is 1. The second-order valence-corrected chi connectivity index (χ2v) is 7.61. The van der Waals surface area contributed by atoms with Crippen LogP contribution in [-0.2, 0) is 24.9 Å². The Balaban J connectivity index is 1.85. The summed E-state index contributed by atoms with van der Waals surface area (Å²) < 4.78 is 9.75. The SMILES string of the molecule is Cc1cc(-c2nc3cc(CO)ccc3n2CC2CN(C)CCO2)cn(C)c1=O. The third-order valence-electron chi connectivity index (χ3n) is 5.34. The molecule has 0 spiro atoms. The van der Waals surface area contributed by atoms with Gasteiger partial charge in [-0.3, -0.25) is 4.79 Å². The first kappa shape index (κ1) is 18.9. The lowest BCUT2D eigenvalue weighted by atomic mass is 10.2. The van der Waals surface area contributed by atoms with Gasteiger partial charge in [-0.1, -0.05) is 6.07 Å². The summed E-state index contributed by atoms with van der Waals surface area (Å²) in [5, 5.41) is 9.49. The number of hydrogen-bond donors (Lipinski definition) is 1. The lowest BCUT2D eigenvalue weighted by molar-refractivity contribution is -0.0267. The van der Waals surface area contributed by atoms with Crippen LogP contribution in [0.15, 0.2) is 35.3 Å². The van der Waals surface area contributed by atoms with Crippen molar-refractivity contribution in [3.05, 3.63) is 51.9 Å². The number of rotatable bonds is 4. The second-order valence-electron chi connectivity index (χ2n) is 7.61. The monoisotopic (exact) mass is 382 g/mol. The van der Waals surface area contributed by atoms with Crippen LogP contribution < -0.4 is 5.56 Å². The fraction of sp³-hybridized carbons (Fsp3) is 0.429. The minimum absolute atomic E-state index is 0.00813. The van der Waals surface area contributed by atoms with Crippen LogP contribution in [0, 0.1) is 6.92 Å². The molecule has 148 valence electrons. The van der Waals surface area contributed by atoms with E-state index in [2.05, 4.69) is 16.5 Å². The molecule has 3 heterocycles. The molecular formula is C21H26N4O3. The number of likely N-dealkylation sites (N-methyl/N-ethyl adjacent to an activating group) is 1. The Kier molecular flexibility index (Phi) is 5.05. The molecule has 3 aromatic rings. The van der Waals surface area contributed by atoms with Crippen LogP contribution in [0.1, 0.15) is 11.1 Å². The van der Waals surface area contributed by atoms with E-state index in [1.807, 2.05) is 37.4 Å². The molecular weight excluding hydrogens is 356 g/mol. The molecule has 0 radical (unpaired) electrons. The number of aromatic nitrogens is 3. The van der Waals surface area contributed by atoms with E-state index in [1.54, 1.807) is 11.6 Å². The van der Waals surface area contributed by atoms with Crippen molar-refractivity contribution >= 4 is 11.0 Å². The van der Waals surface area contributed by atoms with E-state index in [0.29, 0.717) is 12.1 Å². The van der Waals surface area contributed by atoms with Crippen LogP contribution in [0.2, 0.25) is 0 Å². The highest BCUT2D eigenvalue weighted by molar-refractivity contribution is 5.81. The molecule has 1 N–H and O–H groups in total. The molecule has 1 fully saturated rings. The number of pyridine rings is 1. The Morgan fingerprint density at radius 3 is 2.82 bits per heavy atom. The average molecular weight is 382 g/mol. The number of aliphatic hydroxyl groups is 1. The van der Waals surface area contributed by atoms with E-state index < -0.39 is 0 Å². The molecule has 7 nitrogen and oxygen atoms in total. The van der Waals surface area contributed by atoms with Gasteiger partial charge in [-0.2, -0.15) is 0 Å². The van der Waals surface area contributed by atoms with Gasteiger partial charge in [-0.15, -0.1) is 0 Å². The summed E-state index contributed by atoms with van der Waals surface area (Å²) >= 11 is 0. The molecule has 1 unspecified atom stereocenters. The van der Waals surface area contributed by atoms with Crippen LogP contribution in [0.25, 0.3) is 22.4 Å². The number of nitrogens with zero attached hydrogens (tertiary/aromatic N) is 4. The Bertz CT molecular complexity index is 1040. The van der Waals surface area contributed by atoms with Gasteiger partial charge >= 0.3 is 0 Å². The fourth-order valence-corrected chi connectivity index (χ4v) is 3.86. The molecule has 1 aliphatic heterocycles. The third-order valence-corrected chi connectivity index (χ3v) is 5.34. The second kappa shape index (κ2) is 7.50. The topological polar surface area (TPSA) is 72.5 Å². The Hall–Kier alpha value is -2.48. The zero-order chi connectivity index (χ0) is 19.8. The standard InChI is InChI=1S/C21H26N4O3/c1-14-8-16(10-24(3)21(14)27)20-22-18-9-15(13-26)4-5-19(18)25(20)12-17-11-23(2)6-7-28-17/h4-5,8-10,17,26H,6-7,11-13H2,1-3H3. The lowest BCUT2D eigenvalue weighted by Gasteiger charge is -2.30. The first-order valence-corrected chi connectivity index (χ1v) is 9.54. The van der Waals surface area contributed by atoms with Gasteiger partial charge in [0.15, 0.2) is 0 Å². The summed E-state index contributed by atoms with van der Waals surface area (Å²) in [7, 11) is 3.86. The predicted molar refractivity (Wildman–Crippen MR) is 108 cm³/mol. The number of benzene rings is 1. The highest BCUT2D eigenvalue weighted by Crippen LogP contribution is 2.27. The van der Waals surface area contributed by atoms with Gasteiger partial charge in [0, 0.05) is 37.5 Å². The molecule has 7 heteroatoms. The van der Waals surface area contributed by atoms with Crippen molar-refractivity contribution in [3.8, 4) is 11.4 Å². The first-order valence-electron chi connectivity index (χ1n) is 9.54. The smallest absolute Gasteiger partial charge is 0.253 e. The van der Waals surface area contributed by atoms with Crippen molar-refractivity contribution in [2.24, 2.45) is 7.05 Å². The zero-order valence-corrected chi connectivity index (χ0v) is 16.6. The molecule has 0 aliphatic carbocycles. The minimum atomic E-state index is -0.0202. The predicted octanol–water partition coefficient (Wildman–Crippen LogP) is 1.53. The summed E-state index contributed by atoms with van der Waals surface area (Å²) in [6, 6.07) is 7.72. The van der Waals surface area contributed by atoms with Gasteiger partial charge in [0.2, 0.25) is 0 Å². The fourth-order valence-electron chi connectivity index (χ4n) is 3.86. The van der Waals surface area contributed by atoms with E-state index in [9.17, 15) is 9.90 Å². The Morgan fingerprint density at radius 1 is 1.29 bits per heavy atom. The Morgan fingerprint density at radius 2 is 2.11 bits per heavy atom. The molecule has 1 aromatic carbocycles. The first-order chi connectivity index (χ1) is 13.5. The van der Waals surface area contributed by atoms with Gasteiger partial charge in [-0.05, 0) is 37.7 Å². The number of aryl methyl sites for hydroxylation is 2. The number of fused-ring (bicyclic) bond motifs is 1. The van der Waals surface area contributed by atoms with Gasteiger partial charge in [0.25, 0.3) is 5.56 Å². The van der Waals surface area contributed by atoms with Gasteiger partial charge in [0.05, 0.1) is 36.9 Å². The Labute approximate surface area is 163 Å². The molecule has 1 aliphatic rings. The van der Waals surface area contributed by atoms with Crippen LogP contribution in [0.4, 0.5) is 0 Å². The van der Waals surface area contributed by atoms with Crippen molar-refractivity contribution in [3.63, 3.8) is 0 Å². The largest absolute Gasteiger partial charge is 0.392 e. The zero-order valence-electron chi connectivity index (χ0n) is 16.6. The summed E-state index contributed by atoms with van der Waals surface area (Å²) in [4.78, 5) is 19.3. The van der Waals surface area contributed by atoms with Crippen LogP contribution in [0.5, 0.6) is 0 Å². The molecule has 4 rings (SSSR count). The number of imidazole rings is 1. The van der Waals surface area contributed by atoms with E-state index in [-0.39, 0.29) is 18.3 Å². The number of hydrogen-bond acceptors (Lipinski definition) is 5. The molecule has 0 amide bonds. The highest BCUT2D eigenvalue weighted by Gasteiger charge is 2.22. The highest BCUT2D eigenvalue weighted by atomic mass is 16.5. The van der Waals surface area contributed by atoms with Crippen LogP contribution in [-0.4, -0.2) is 57.0 Å². The van der Waals surface area contributed by atoms with Crippen molar-refractivity contribution in [2.75, 3.05) is 26.7 Å². The molecule has 0 bridgehead atoms. The van der Waals surface area contributed by atoms with Crippen LogP contribution >= 0.6 is 0 Å². The number of morpholine rings is 1. The molecule has 0 saturated carbocycles. The average Bonchev–Trinajstić information content (AvgIpc) is 3.03. The molecule has 2 aromatic heterocycles. The van der Waals surface area contributed by atoms with Crippen molar-refractivity contribution in [1.29, 1.82) is 0 Å². The molecule has 28 heavy (non-hydrogen) atoms. The summed E-state index contributed by atoms with van der Waals surface area (Å²) in [6.45, 7) is 5.00. The maximum absolute atomic E-state index is 12.1. The molecule has 1 atom stereocenters. The maximum Gasteiger partial charge on any atom is 0.253 e. The van der Waals surface area contributed by atoms with Crippen molar-refractivity contribution < 1.29 is 9.84 Å². The lowest BCUT2D eigenvalue weighted by Crippen LogP contribution is -2.42. The van der Waals surface area contributed by atoms with Crippen molar-refractivity contribution in [1.82, 2.24) is 19.0 Å². The minimum Gasteiger partial charge on any atom is -0.392 e. The quantitative estimate of drug-likeness (QED) is 0.741. The van der Waals surface area contributed by atoms with E-state index in [1.165, 1.54) is 0 Å². The summed E-state index contributed by atoms with van der Waals surface area (Å²) in [5.74, 6) is 0.806. The summed E-state index contributed by atoms with van der Waals surface area (Å²) in [6.07, 6.45) is 1.90. The normalized spacial score (nSPS) is 18.1. The van der Waals surface area contributed by atoms with Crippen LogP contribution in [0.3, 0.4) is 0 Å². The third kappa shape index (κ3) is 3.48. The van der Waals surface area contributed by atoms with Gasteiger partial charge in [0.1, 0.15) is 5.82 Å². The van der Waals surface area contributed by atoms with E-state index >= 15 is 0 Å². The van der Waals surface area contributed by atoms with Gasteiger partial charge < -0.3 is 23.9 Å². The molecule has 1 saturated heterocycles. The van der Waals surface area contributed by atoms with E-state index in [0.717, 1.165) is 47.7 Å². The number of ether oxygens (including phenoxy) is 1. The van der Waals surface area contributed by atoms with Crippen molar-refractivity contribution in [2.45, 2.75) is 26.2 Å². The summed E-state index contributed by atoms with van der Waals surface area (Å²) in [5.41, 5.74) is 4.22.